The van der Waals surface area contributed by atoms with E-state index in [1.807, 2.05) is 6.92 Å². The molecule has 0 aliphatic heterocycles. The first-order valence-corrected chi connectivity index (χ1v) is 2.99. The normalized spacial score (nSPS) is 10.6. The first-order valence-electron chi connectivity index (χ1n) is 2.55. The van der Waals surface area contributed by atoms with Crippen LogP contribution in [0.1, 0.15) is 22.6 Å². The van der Waals surface area contributed by atoms with Gasteiger partial charge in [-0.05, 0) is 6.42 Å². The Morgan fingerprint density at radius 1 is 1.70 bits per heavy atom. The molecule has 52 valence electrons. The van der Waals surface area contributed by atoms with E-state index >= 15 is 0 Å². The van der Waals surface area contributed by atoms with Gasteiger partial charge in [0, 0.05) is 0 Å². The minimum Gasteiger partial charge on any atom is -1.00 e. The predicted molar refractivity (Wildman–Crippen MR) is 34.4 cm³/mol. The number of carboxylic acid groups (broad SMARTS) is 1. The van der Waals surface area contributed by atoms with Gasteiger partial charge in [-0.25, -0.2) is 0 Å². The van der Waals surface area contributed by atoms with Gasteiger partial charge in [0.2, 0.25) is 0 Å². The molecule has 0 saturated carbocycles. The van der Waals surface area contributed by atoms with Crippen LogP contribution in [0.15, 0.2) is 0 Å². The molecule has 0 fully saturated rings. The average molecular weight is 185 g/mol. The summed E-state index contributed by atoms with van der Waals surface area (Å²) in [5, 5.41) is 7.49. The van der Waals surface area contributed by atoms with Crippen molar-refractivity contribution < 1.29 is 71.9 Å². The molecule has 1 unspecified atom stereocenters. The van der Waals surface area contributed by atoms with Crippen LogP contribution in [0.3, 0.4) is 0 Å². The number of rotatable bonds is 3. The maximum Gasteiger partial charge on any atom is 1.00 e. The van der Waals surface area contributed by atoms with Gasteiger partial charge >= 0.3 is 65.1 Å². The molecule has 1 atom stereocenters. The van der Waals surface area contributed by atoms with Crippen LogP contribution in [-0.2, 0) is 4.79 Å². The number of carbonyl (C=O) groups is 1. The summed E-state index contributed by atoms with van der Waals surface area (Å²) in [6, 6.07) is 0. The summed E-state index contributed by atoms with van der Waals surface area (Å²) in [7, 11) is 0. The Hall–Kier alpha value is 1.76. The molecular formula is C5H11ClNa2O2. The quantitative estimate of drug-likeness (QED) is 0.356. The van der Waals surface area contributed by atoms with E-state index in [4.69, 9.17) is 16.7 Å². The van der Waals surface area contributed by atoms with Gasteiger partial charge in [0.15, 0.2) is 0 Å². The molecule has 2 nitrogen and oxygen atoms in total. The third-order valence-electron chi connectivity index (χ3n) is 0.810. The van der Waals surface area contributed by atoms with Crippen molar-refractivity contribution >= 4 is 17.6 Å². The molecule has 1 N–H and O–H groups in total. The van der Waals surface area contributed by atoms with Crippen molar-refractivity contribution in [2.45, 2.75) is 25.1 Å². The molecule has 0 amide bonds. The predicted octanol–water partition coefficient (Wildman–Crippen LogP) is -4.29. The fraction of sp³-hybridized carbons (Fsp3) is 0.800. The third-order valence-corrected chi connectivity index (χ3v) is 1.21. The van der Waals surface area contributed by atoms with Crippen LogP contribution in [0, 0.1) is 0 Å². The molecule has 0 rings (SSSR count). The summed E-state index contributed by atoms with van der Waals surface area (Å²) in [4.78, 5) is 9.96. The van der Waals surface area contributed by atoms with Gasteiger partial charge in [0.1, 0.15) is 5.38 Å². The number of aliphatic carboxylic acids is 1. The monoisotopic (exact) mass is 184 g/mol. The summed E-state index contributed by atoms with van der Waals surface area (Å²) in [6.07, 6.45) is 1.37. The van der Waals surface area contributed by atoms with E-state index in [2.05, 4.69) is 0 Å². The molecule has 0 aliphatic carbocycles. The molecule has 0 radical (unpaired) electrons. The molecule has 0 aromatic rings. The van der Waals surface area contributed by atoms with Gasteiger partial charge in [-0.2, -0.15) is 0 Å². The summed E-state index contributed by atoms with van der Waals surface area (Å²) in [5.74, 6) is -0.923. The number of halogens is 1. The first-order chi connectivity index (χ1) is 3.68. The minimum absolute atomic E-state index is 0. The minimum atomic E-state index is -0.923. The van der Waals surface area contributed by atoms with Gasteiger partial charge < -0.3 is 7.96 Å². The SMILES string of the molecule is CCCC(Cl)C(=O)O.[H-].[H-].[Na+].[Na+]. The Kier molecular flexibility index (Phi) is 19.1. The van der Waals surface area contributed by atoms with E-state index < -0.39 is 11.3 Å². The van der Waals surface area contributed by atoms with E-state index in [1.165, 1.54) is 0 Å². The molecule has 0 saturated heterocycles. The second-order valence-electron chi connectivity index (χ2n) is 1.59. The van der Waals surface area contributed by atoms with Crippen molar-refractivity contribution in [1.82, 2.24) is 0 Å². The van der Waals surface area contributed by atoms with Crippen LogP contribution in [0.4, 0.5) is 0 Å². The standard InChI is InChI=1S/C5H9ClO2.2Na.2H/c1-2-3-4(6)5(7)8;;;;/h4H,2-3H2,1H3,(H,7,8);;;;/q;2*+1;2*-1. The molecule has 0 heterocycles. The van der Waals surface area contributed by atoms with E-state index in [1.54, 1.807) is 0 Å². The Bertz CT molecular complexity index is 97.5. The number of carboxylic acids is 1. The Labute approximate surface area is 113 Å². The van der Waals surface area contributed by atoms with E-state index in [0.717, 1.165) is 6.42 Å². The van der Waals surface area contributed by atoms with Gasteiger partial charge in [-0.3, -0.25) is 4.79 Å². The van der Waals surface area contributed by atoms with E-state index in [9.17, 15) is 4.79 Å². The van der Waals surface area contributed by atoms with Crippen molar-refractivity contribution in [3.8, 4) is 0 Å². The fourth-order valence-corrected chi connectivity index (χ4v) is 0.595. The molecule has 10 heavy (non-hydrogen) atoms. The van der Waals surface area contributed by atoms with Gasteiger partial charge in [-0.15, -0.1) is 11.6 Å². The smallest absolute Gasteiger partial charge is 1.00 e. The van der Waals surface area contributed by atoms with Crippen LogP contribution in [-0.4, -0.2) is 16.5 Å². The van der Waals surface area contributed by atoms with Crippen LogP contribution in [0.5, 0.6) is 0 Å². The maximum atomic E-state index is 9.96. The van der Waals surface area contributed by atoms with Gasteiger partial charge in [-0.1, -0.05) is 13.3 Å². The van der Waals surface area contributed by atoms with E-state index in [-0.39, 0.29) is 62.0 Å². The summed E-state index contributed by atoms with van der Waals surface area (Å²) >= 11 is 5.32. The Balaban J connectivity index is -0.0000000408. The number of hydrogen-bond donors (Lipinski definition) is 1. The third kappa shape index (κ3) is 9.76. The van der Waals surface area contributed by atoms with Gasteiger partial charge in [0.25, 0.3) is 0 Å². The topological polar surface area (TPSA) is 37.3 Å². The maximum absolute atomic E-state index is 9.96. The molecule has 0 bridgehead atoms. The zero-order valence-corrected chi connectivity index (χ0v) is 11.5. The summed E-state index contributed by atoms with van der Waals surface area (Å²) in [6.45, 7) is 1.90. The van der Waals surface area contributed by atoms with Crippen LogP contribution >= 0.6 is 11.6 Å². The van der Waals surface area contributed by atoms with Crippen LogP contribution in [0.25, 0.3) is 0 Å². The number of alkyl halides is 1. The first kappa shape index (κ1) is 17.7. The van der Waals surface area contributed by atoms with Crippen molar-refractivity contribution in [3.63, 3.8) is 0 Å². The van der Waals surface area contributed by atoms with Crippen LogP contribution in [0.2, 0.25) is 0 Å². The molecule has 0 aliphatic rings. The zero-order valence-electron chi connectivity index (χ0n) is 8.72. The van der Waals surface area contributed by atoms with Gasteiger partial charge in [0.05, 0.1) is 0 Å². The molecule has 0 spiro atoms. The van der Waals surface area contributed by atoms with Crippen molar-refractivity contribution in [2.75, 3.05) is 0 Å². The molecule has 0 aromatic carbocycles. The van der Waals surface area contributed by atoms with Crippen molar-refractivity contribution in [3.05, 3.63) is 0 Å². The average Bonchev–Trinajstić information content (AvgIpc) is 1.67. The molecular weight excluding hydrogens is 173 g/mol. The second-order valence-corrected chi connectivity index (χ2v) is 2.12. The fourth-order valence-electron chi connectivity index (χ4n) is 0.377. The summed E-state index contributed by atoms with van der Waals surface area (Å²) in [5.41, 5.74) is 0. The Morgan fingerprint density at radius 2 is 2.10 bits per heavy atom. The molecule has 0 aromatic heterocycles. The molecule has 5 heteroatoms. The van der Waals surface area contributed by atoms with Crippen molar-refractivity contribution in [2.24, 2.45) is 0 Å². The second kappa shape index (κ2) is 10.8. The Morgan fingerprint density at radius 3 is 2.20 bits per heavy atom. The van der Waals surface area contributed by atoms with Crippen molar-refractivity contribution in [1.29, 1.82) is 0 Å². The van der Waals surface area contributed by atoms with E-state index in [0.29, 0.717) is 6.42 Å². The van der Waals surface area contributed by atoms with Crippen LogP contribution < -0.4 is 59.1 Å². The summed E-state index contributed by atoms with van der Waals surface area (Å²) < 4.78 is 0. The zero-order chi connectivity index (χ0) is 6.57. The number of hydrogen-bond acceptors (Lipinski definition) is 1. The largest absolute Gasteiger partial charge is 1.00 e.